The van der Waals surface area contributed by atoms with Gasteiger partial charge in [0.2, 0.25) is 5.88 Å². The van der Waals surface area contributed by atoms with Crippen molar-refractivity contribution in [2.45, 2.75) is 6.92 Å². The highest BCUT2D eigenvalue weighted by Gasteiger charge is 2.07. The van der Waals surface area contributed by atoms with Gasteiger partial charge < -0.3 is 10.5 Å². The highest BCUT2D eigenvalue weighted by molar-refractivity contribution is 9.10. The lowest BCUT2D eigenvalue weighted by Crippen LogP contribution is -1.96. The van der Waals surface area contributed by atoms with Crippen LogP contribution in [-0.2, 0) is 0 Å². The average Bonchev–Trinajstić information content (AvgIpc) is 2.27. The molecule has 2 aromatic rings. The third-order valence-corrected chi connectivity index (χ3v) is 2.90. The Morgan fingerprint density at radius 3 is 2.82 bits per heavy atom. The van der Waals surface area contributed by atoms with Crippen LogP contribution < -0.4 is 10.5 Å². The van der Waals surface area contributed by atoms with E-state index in [1.165, 1.54) is 6.20 Å². The summed E-state index contributed by atoms with van der Waals surface area (Å²) in [6, 6.07) is 7.37. The Hall–Kier alpha value is -1.26. The molecule has 3 nitrogen and oxygen atoms in total. The van der Waals surface area contributed by atoms with Gasteiger partial charge in [0, 0.05) is 10.7 Å². The minimum atomic E-state index is 0.357. The molecule has 5 heteroatoms. The fourth-order valence-electron chi connectivity index (χ4n) is 1.32. The van der Waals surface area contributed by atoms with E-state index in [4.69, 9.17) is 22.1 Å². The van der Waals surface area contributed by atoms with E-state index in [-0.39, 0.29) is 0 Å². The molecule has 17 heavy (non-hydrogen) atoms. The Balaban J connectivity index is 2.34. The van der Waals surface area contributed by atoms with E-state index in [0.717, 1.165) is 10.0 Å². The molecular formula is C12H10BrClN2O. The molecule has 0 radical (unpaired) electrons. The van der Waals surface area contributed by atoms with Gasteiger partial charge in [-0.1, -0.05) is 33.6 Å². The van der Waals surface area contributed by atoms with Crippen LogP contribution in [0, 0.1) is 6.92 Å². The zero-order valence-electron chi connectivity index (χ0n) is 9.08. The van der Waals surface area contributed by atoms with Gasteiger partial charge in [0.15, 0.2) is 0 Å². The molecule has 2 N–H and O–H groups in total. The van der Waals surface area contributed by atoms with Crippen molar-refractivity contribution in [1.29, 1.82) is 0 Å². The number of anilines is 1. The van der Waals surface area contributed by atoms with Crippen LogP contribution in [0.3, 0.4) is 0 Å². The lowest BCUT2D eigenvalue weighted by molar-refractivity contribution is 0.462. The quantitative estimate of drug-likeness (QED) is 0.904. The molecule has 0 atom stereocenters. The van der Waals surface area contributed by atoms with Crippen molar-refractivity contribution < 1.29 is 4.74 Å². The number of hydrogen-bond donors (Lipinski definition) is 1. The molecule has 0 saturated carbocycles. The topological polar surface area (TPSA) is 48.1 Å². The van der Waals surface area contributed by atoms with E-state index in [2.05, 4.69) is 20.9 Å². The van der Waals surface area contributed by atoms with E-state index in [1.54, 1.807) is 6.07 Å². The van der Waals surface area contributed by atoms with Crippen LogP contribution >= 0.6 is 27.5 Å². The molecule has 0 aliphatic carbocycles. The Labute approximate surface area is 113 Å². The van der Waals surface area contributed by atoms with Crippen molar-refractivity contribution in [1.82, 2.24) is 4.98 Å². The number of pyridine rings is 1. The van der Waals surface area contributed by atoms with E-state index in [0.29, 0.717) is 22.3 Å². The first-order valence-corrected chi connectivity index (χ1v) is 6.08. The average molecular weight is 314 g/mol. The van der Waals surface area contributed by atoms with Gasteiger partial charge in [-0.2, -0.15) is 0 Å². The predicted octanol–water partition coefficient (Wildman–Crippen LogP) is 4.18. The van der Waals surface area contributed by atoms with Crippen LogP contribution in [0.4, 0.5) is 5.69 Å². The van der Waals surface area contributed by atoms with Crippen molar-refractivity contribution in [3.05, 3.63) is 45.5 Å². The molecule has 1 aromatic carbocycles. The van der Waals surface area contributed by atoms with Crippen LogP contribution in [0.25, 0.3) is 0 Å². The molecule has 0 saturated heterocycles. The van der Waals surface area contributed by atoms with Crippen LogP contribution in [-0.4, -0.2) is 4.98 Å². The fraction of sp³-hybridized carbons (Fsp3) is 0.0833. The lowest BCUT2D eigenvalue weighted by Gasteiger charge is -2.10. The summed E-state index contributed by atoms with van der Waals surface area (Å²) in [7, 11) is 0. The zero-order valence-corrected chi connectivity index (χ0v) is 11.4. The van der Waals surface area contributed by atoms with Gasteiger partial charge in [-0.3, -0.25) is 0 Å². The van der Waals surface area contributed by atoms with E-state index in [9.17, 15) is 0 Å². The van der Waals surface area contributed by atoms with Gasteiger partial charge in [0.25, 0.3) is 0 Å². The number of nitrogens with two attached hydrogens (primary N) is 1. The number of nitrogen functional groups attached to an aromatic ring is 1. The van der Waals surface area contributed by atoms with Gasteiger partial charge in [-0.15, -0.1) is 0 Å². The van der Waals surface area contributed by atoms with Crippen molar-refractivity contribution in [2.24, 2.45) is 0 Å². The molecule has 0 amide bonds. The second-order valence-electron chi connectivity index (χ2n) is 3.56. The third-order valence-electron chi connectivity index (χ3n) is 2.20. The van der Waals surface area contributed by atoms with Gasteiger partial charge in [-0.25, -0.2) is 4.98 Å². The maximum atomic E-state index is 5.77. The SMILES string of the molecule is Cc1ccc(Br)cc1Oc1ncc(Cl)cc1N. The molecule has 88 valence electrons. The van der Waals surface area contributed by atoms with Gasteiger partial charge in [0.1, 0.15) is 5.75 Å². The molecule has 1 aromatic heterocycles. The molecule has 2 rings (SSSR count). The minimum Gasteiger partial charge on any atom is -0.437 e. The molecule has 0 aliphatic rings. The number of halogens is 2. The Bertz CT molecular complexity index is 560. The number of nitrogens with zero attached hydrogens (tertiary/aromatic N) is 1. The Morgan fingerprint density at radius 2 is 2.12 bits per heavy atom. The van der Waals surface area contributed by atoms with E-state index >= 15 is 0 Å². The van der Waals surface area contributed by atoms with Crippen molar-refractivity contribution in [3.63, 3.8) is 0 Å². The number of aromatic nitrogens is 1. The summed E-state index contributed by atoms with van der Waals surface area (Å²) in [5.74, 6) is 1.07. The Kier molecular flexibility index (Phi) is 3.54. The lowest BCUT2D eigenvalue weighted by atomic mass is 10.2. The van der Waals surface area contributed by atoms with Crippen molar-refractivity contribution >= 4 is 33.2 Å². The molecule has 0 unspecified atom stereocenters. The third kappa shape index (κ3) is 2.90. The summed E-state index contributed by atoms with van der Waals surface area (Å²) >= 11 is 9.16. The molecule has 0 bridgehead atoms. The summed E-state index contributed by atoms with van der Waals surface area (Å²) in [5, 5.41) is 0.487. The summed E-state index contributed by atoms with van der Waals surface area (Å²) in [4.78, 5) is 4.05. The summed E-state index contributed by atoms with van der Waals surface area (Å²) in [6.07, 6.45) is 1.50. The molecule has 0 fully saturated rings. The first-order chi connectivity index (χ1) is 8.06. The number of rotatable bonds is 2. The fourth-order valence-corrected chi connectivity index (χ4v) is 1.82. The standard InChI is InChI=1S/C12H10BrClN2O/c1-7-2-3-8(13)4-11(7)17-12-10(15)5-9(14)6-16-12/h2-6H,15H2,1H3. The largest absolute Gasteiger partial charge is 0.437 e. The second-order valence-corrected chi connectivity index (χ2v) is 4.91. The number of benzene rings is 1. The highest BCUT2D eigenvalue weighted by Crippen LogP contribution is 2.30. The molecule has 0 aliphatic heterocycles. The molecule has 1 heterocycles. The maximum absolute atomic E-state index is 5.77. The minimum absolute atomic E-state index is 0.357. The van der Waals surface area contributed by atoms with Gasteiger partial charge in [-0.05, 0) is 30.7 Å². The summed E-state index contributed by atoms with van der Waals surface area (Å²) in [6.45, 7) is 1.95. The monoisotopic (exact) mass is 312 g/mol. The number of hydrogen-bond acceptors (Lipinski definition) is 3. The smallest absolute Gasteiger partial charge is 0.242 e. The van der Waals surface area contributed by atoms with Gasteiger partial charge >= 0.3 is 0 Å². The molecular weight excluding hydrogens is 304 g/mol. The van der Waals surface area contributed by atoms with E-state index < -0.39 is 0 Å². The van der Waals surface area contributed by atoms with Crippen LogP contribution in [0.1, 0.15) is 5.56 Å². The Morgan fingerprint density at radius 1 is 1.35 bits per heavy atom. The van der Waals surface area contributed by atoms with Crippen molar-refractivity contribution in [2.75, 3.05) is 5.73 Å². The first kappa shape index (κ1) is 12.2. The van der Waals surface area contributed by atoms with Gasteiger partial charge in [0.05, 0.1) is 10.7 Å². The zero-order chi connectivity index (χ0) is 12.4. The normalized spacial score (nSPS) is 10.3. The predicted molar refractivity (Wildman–Crippen MR) is 72.6 cm³/mol. The summed E-state index contributed by atoms with van der Waals surface area (Å²) in [5.41, 5.74) is 7.19. The summed E-state index contributed by atoms with van der Waals surface area (Å²) < 4.78 is 6.59. The highest BCUT2D eigenvalue weighted by atomic mass is 79.9. The van der Waals surface area contributed by atoms with Crippen LogP contribution in [0.15, 0.2) is 34.9 Å². The molecule has 0 spiro atoms. The van der Waals surface area contributed by atoms with E-state index in [1.807, 2.05) is 25.1 Å². The van der Waals surface area contributed by atoms with Crippen LogP contribution in [0.2, 0.25) is 5.02 Å². The maximum Gasteiger partial charge on any atom is 0.242 e. The van der Waals surface area contributed by atoms with Crippen molar-refractivity contribution in [3.8, 4) is 11.6 Å². The first-order valence-electron chi connectivity index (χ1n) is 4.91. The number of aryl methyl sites for hydroxylation is 1. The van der Waals surface area contributed by atoms with Crippen LogP contribution in [0.5, 0.6) is 11.6 Å². The number of ether oxygens (including phenoxy) is 1. The second kappa shape index (κ2) is 4.94.